The van der Waals surface area contributed by atoms with Crippen LogP contribution in [0.2, 0.25) is 0 Å². The van der Waals surface area contributed by atoms with Gasteiger partial charge in [0.1, 0.15) is 0 Å². The Kier molecular flexibility index (Phi) is 5.45. The largest absolute Gasteiger partial charge is 0.481 e. The third-order valence-electron chi connectivity index (χ3n) is 5.03. The lowest BCUT2D eigenvalue weighted by Crippen LogP contribution is -2.48. The number of aryl methyl sites for hydroxylation is 1. The number of aliphatic carboxylic acids is 1. The molecule has 0 aromatic heterocycles. The maximum Gasteiger partial charge on any atom is 0.311 e. The van der Waals surface area contributed by atoms with Gasteiger partial charge in [-0.3, -0.25) is 9.59 Å². The zero-order valence-electron chi connectivity index (χ0n) is 14.3. The second kappa shape index (κ2) is 7.16. The molecule has 1 fully saturated rings. The van der Waals surface area contributed by atoms with Crippen LogP contribution >= 0.6 is 0 Å². The number of nitrogens with zero attached hydrogens (tertiary/aromatic N) is 1. The Hall–Kier alpha value is -1.84. The Bertz CT molecular complexity index is 566. The number of carboxylic acids is 1. The molecule has 1 aliphatic rings. The average molecular weight is 317 g/mol. The molecule has 0 radical (unpaired) electrons. The molecule has 1 aromatic carbocycles. The zero-order chi connectivity index (χ0) is 17.0. The van der Waals surface area contributed by atoms with Crippen LogP contribution in [0, 0.1) is 12.3 Å². The highest BCUT2D eigenvalue weighted by atomic mass is 16.4. The summed E-state index contributed by atoms with van der Waals surface area (Å²) in [6.45, 7) is 6.88. The molecule has 0 aliphatic carbocycles. The highest BCUT2D eigenvalue weighted by Crippen LogP contribution is 2.31. The van der Waals surface area contributed by atoms with Crippen molar-refractivity contribution in [2.75, 3.05) is 13.1 Å². The van der Waals surface area contributed by atoms with Crippen molar-refractivity contribution in [3.63, 3.8) is 0 Å². The van der Waals surface area contributed by atoms with Crippen LogP contribution in [0.3, 0.4) is 0 Å². The number of benzene rings is 1. The minimum absolute atomic E-state index is 0.0737. The molecule has 0 bridgehead atoms. The molecule has 1 saturated heterocycles. The molecule has 1 heterocycles. The molecule has 1 aliphatic heterocycles. The molecular formula is C19H27NO3. The van der Waals surface area contributed by atoms with Crippen LogP contribution in [0.15, 0.2) is 24.3 Å². The third kappa shape index (κ3) is 4.12. The van der Waals surface area contributed by atoms with Crippen LogP contribution in [0.1, 0.15) is 56.6 Å². The van der Waals surface area contributed by atoms with Crippen LogP contribution in [0.25, 0.3) is 0 Å². The minimum Gasteiger partial charge on any atom is -0.481 e. The fourth-order valence-electron chi connectivity index (χ4n) is 3.30. The third-order valence-corrected chi connectivity index (χ3v) is 5.03. The summed E-state index contributed by atoms with van der Waals surface area (Å²) in [6, 6.07) is 8.33. The topological polar surface area (TPSA) is 57.6 Å². The molecule has 1 amide bonds. The van der Waals surface area contributed by atoms with Gasteiger partial charge in [0.2, 0.25) is 5.91 Å². The van der Waals surface area contributed by atoms with Gasteiger partial charge in [-0.1, -0.05) is 36.8 Å². The highest BCUT2D eigenvalue weighted by Gasteiger charge is 2.39. The summed E-state index contributed by atoms with van der Waals surface area (Å²) >= 11 is 0. The van der Waals surface area contributed by atoms with Gasteiger partial charge in [0.05, 0.1) is 5.41 Å². The van der Waals surface area contributed by atoms with E-state index in [2.05, 4.69) is 38.1 Å². The fraction of sp³-hybridized carbons (Fsp3) is 0.579. The lowest BCUT2D eigenvalue weighted by Gasteiger charge is -2.38. The van der Waals surface area contributed by atoms with Gasteiger partial charge in [0, 0.05) is 19.5 Å². The molecule has 126 valence electrons. The van der Waals surface area contributed by atoms with Crippen LogP contribution in [0.5, 0.6) is 0 Å². The van der Waals surface area contributed by atoms with Gasteiger partial charge in [0.25, 0.3) is 0 Å². The van der Waals surface area contributed by atoms with Gasteiger partial charge < -0.3 is 10.0 Å². The molecule has 23 heavy (non-hydrogen) atoms. The molecule has 1 aromatic rings. The SMILES string of the molecule is CCC(CC(=O)N1CCCC(C)(C(=O)O)C1)c1ccc(C)cc1. The van der Waals surface area contributed by atoms with Gasteiger partial charge in [-0.2, -0.15) is 0 Å². The standard InChI is InChI=1S/C19H27NO3/c1-4-15(16-8-6-14(2)7-9-16)12-17(21)20-11-5-10-19(3,13-20)18(22)23/h6-9,15H,4-5,10-13H2,1-3H3,(H,22,23). The van der Waals surface area contributed by atoms with E-state index in [-0.39, 0.29) is 11.8 Å². The summed E-state index contributed by atoms with van der Waals surface area (Å²) in [4.78, 5) is 25.8. The van der Waals surface area contributed by atoms with Gasteiger partial charge in [0.15, 0.2) is 0 Å². The number of hydrogen-bond acceptors (Lipinski definition) is 2. The Morgan fingerprint density at radius 2 is 1.96 bits per heavy atom. The normalized spacial score (nSPS) is 22.7. The first-order valence-corrected chi connectivity index (χ1v) is 8.43. The van der Waals surface area contributed by atoms with E-state index in [4.69, 9.17) is 0 Å². The van der Waals surface area contributed by atoms with Crippen molar-refractivity contribution >= 4 is 11.9 Å². The van der Waals surface area contributed by atoms with Crippen molar-refractivity contribution in [2.45, 2.75) is 52.4 Å². The second-order valence-electron chi connectivity index (χ2n) is 7.00. The van der Waals surface area contributed by atoms with Crippen LogP contribution in [-0.4, -0.2) is 35.0 Å². The monoisotopic (exact) mass is 317 g/mol. The van der Waals surface area contributed by atoms with Crippen LogP contribution in [-0.2, 0) is 9.59 Å². The fourth-order valence-corrected chi connectivity index (χ4v) is 3.30. The predicted molar refractivity (Wildman–Crippen MR) is 90.4 cm³/mol. The molecule has 0 saturated carbocycles. The van der Waals surface area contributed by atoms with Gasteiger partial charge in [-0.15, -0.1) is 0 Å². The number of rotatable bonds is 5. The Labute approximate surface area is 138 Å². The van der Waals surface area contributed by atoms with E-state index >= 15 is 0 Å². The Morgan fingerprint density at radius 3 is 2.52 bits per heavy atom. The number of carboxylic acid groups (broad SMARTS) is 1. The zero-order valence-corrected chi connectivity index (χ0v) is 14.3. The van der Waals surface area contributed by atoms with Crippen LogP contribution < -0.4 is 0 Å². The molecule has 4 heteroatoms. The van der Waals surface area contributed by atoms with Crippen molar-refractivity contribution < 1.29 is 14.7 Å². The summed E-state index contributed by atoms with van der Waals surface area (Å²) in [5.41, 5.74) is 1.59. The van der Waals surface area contributed by atoms with Crippen molar-refractivity contribution in [1.82, 2.24) is 4.90 Å². The van der Waals surface area contributed by atoms with E-state index in [1.165, 1.54) is 11.1 Å². The first-order valence-electron chi connectivity index (χ1n) is 8.43. The van der Waals surface area contributed by atoms with Crippen molar-refractivity contribution in [2.24, 2.45) is 5.41 Å². The number of carbonyl (C=O) groups excluding carboxylic acids is 1. The molecule has 4 nitrogen and oxygen atoms in total. The maximum atomic E-state index is 12.7. The molecule has 2 rings (SSSR count). The van der Waals surface area contributed by atoms with E-state index in [1.54, 1.807) is 11.8 Å². The first-order chi connectivity index (χ1) is 10.9. The quantitative estimate of drug-likeness (QED) is 0.903. The van der Waals surface area contributed by atoms with E-state index in [0.717, 1.165) is 12.8 Å². The predicted octanol–water partition coefficient (Wildman–Crippen LogP) is 3.59. The van der Waals surface area contributed by atoms with Crippen molar-refractivity contribution in [3.05, 3.63) is 35.4 Å². The number of piperidine rings is 1. The summed E-state index contributed by atoms with van der Waals surface area (Å²) in [5, 5.41) is 9.39. The van der Waals surface area contributed by atoms with Crippen molar-refractivity contribution in [1.29, 1.82) is 0 Å². The summed E-state index contributed by atoms with van der Waals surface area (Å²) in [6.07, 6.45) is 2.76. The Morgan fingerprint density at radius 1 is 1.30 bits per heavy atom. The maximum absolute atomic E-state index is 12.7. The number of likely N-dealkylation sites (tertiary alicyclic amines) is 1. The molecular weight excluding hydrogens is 290 g/mol. The minimum atomic E-state index is -0.806. The summed E-state index contributed by atoms with van der Waals surface area (Å²) in [7, 11) is 0. The smallest absolute Gasteiger partial charge is 0.311 e. The summed E-state index contributed by atoms with van der Waals surface area (Å²) in [5.74, 6) is -0.536. The molecule has 0 spiro atoms. The van der Waals surface area contributed by atoms with E-state index in [0.29, 0.717) is 25.9 Å². The van der Waals surface area contributed by atoms with Crippen molar-refractivity contribution in [3.8, 4) is 0 Å². The lowest BCUT2D eigenvalue weighted by atomic mass is 9.81. The number of carbonyl (C=O) groups is 2. The Balaban J connectivity index is 2.04. The van der Waals surface area contributed by atoms with Crippen LogP contribution in [0.4, 0.5) is 0 Å². The number of amides is 1. The van der Waals surface area contributed by atoms with E-state index in [1.807, 2.05) is 0 Å². The van der Waals surface area contributed by atoms with Gasteiger partial charge in [-0.05, 0) is 44.6 Å². The highest BCUT2D eigenvalue weighted by molar-refractivity contribution is 5.80. The molecule has 2 atom stereocenters. The molecule has 1 N–H and O–H groups in total. The van der Waals surface area contributed by atoms with E-state index in [9.17, 15) is 14.7 Å². The number of hydrogen-bond donors (Lipinski definition) is 1. The van der Waals surface area contributed by atoms with E-state index < -0.39 is 11.4 Å². The average Bonchev–Trinajstić information content (AvgIpc) is 2.53. The second-order valence-corrected chi connectivity index (χ2v) is 7.00. The van der Waals surface area contributed by atoms with Gasteiger partial charge >= 0.3 is 5.97 Å². The summed E-state index contributed by atoms with van der Waals surface area (Å²) < 4.78 is 0. The lowest BCUT2D eigenvalue weighted by molar-refractivity contribution is -0.153. The first kappa shape index (κ1) is 17.5. The van der Waals surface area contributed by atoms with Gasteiger partial charge in [-0.25, -0.2) is 0 Å². The molecule has 2 unspecified atom stereocenters.